The molecular weight excluding hydrogens is 232 g/mol. The highest BCUT2D eigenvalue weighted by Crippen LogP contribution is 1.91. The number of carbonyl (C=O) groups excluding carboxylic acids is 2. The van der Waals surface area contributed by atoms with E-state index >= 15 is 0 Å². The maximum Gasteiger partial charge on any atom is 0.222 e. The number of nitrogens with one attached hydrogen (secondary N) is 2. The zero-order valence-electron chi connectivity index (χ0n) is 11.8. The van der Waals surface area contributed by atoms with Crippen LogP contribution in [-0.2, 0) is 14.3 Å². The van der Waals surface area contributed by atoms with Crippen LogP contribution < -0.4 is 10.6 Å². The summed E-state index contributed by atoms with van der Waals surface area (Å²) in [5, 5.41) is 5.50. The lowest BCUT2D eigenvalue weighted by Crippen LogP contribution is -2.36. The number of hydrogen-bond acceptors (Lipinski definition) is 3. The van der Waals surface area contributed by atoms with Gasteiger partial charge in [0.05, 0.1) is 0 Å². The Kier molecular flexibility index (Phi) is 10.3. The Bertz CT molecular complexity index is 242. The average molecular weight is 258 g/mol. The monoisotopic (exact) mass is 258 g/mol. The molecule has 5 nitrogen and oxygen atoms in total. The third kappa shape index (κ3) is 10.1. The highest BCUT2D eigenvalue weighted by Gasteiger charge is 2.05. The summed E-state index contributed by atoms with van der Waals surface area (Å²) in [7, 11) is 0. The molecular formula is C13H26N2O3. The zero-order valence-corrected chi connectivity index (χ0v) is 11.8. The number of rotatable bonds is 10. The molecule has 106 valence electrons. The van der Waals surface area contributed by atoms with Crippen LogP contribution in [0.4, 0.5) is 0 Å². The van der Waals surface area contributed by atoms with Crippen LogP contribution in [-0.4, -0.2) is 38.1 Å². The lowest BCUT2D eigenvalue weighted by molar-refractivity contribution is -0.124. The minimum atomic E-state index is -0.0172. The van der Waals surface area contributed by atoms with Crippen LogP contribution in [0.5, 0.6) is 0 Å². The van der Waals surface area contributed by atoms with Crippen molar-refractivity contribution >= 4 is 11.8 Å². The fourth-order valence-electron chi connectivity index (χ4n) is 1.26. The van der Waals surface area contributed by atoms with Crippen molar-refractivity contribution in [1.82, 2.24) is 10.6 Å². The summed E-state index contributed by atoms with van der Waals surface area (Å²) in [6.07, 6.45) is 2.22. The molecule has 2 amide bonds. The minimum Gasteiger partial charge on any atom is -0.381 e. The summed E-state index contributed by atoms with van der Waals surface area (Å²) in [5.41, 5.74) is 0. The van der Waals surface area contributed by atoms with Gasteiger partial charge in [0.2, 0.25) is 11.8 Å². The molecule has 0 saturated carbocycles. The van der Waals surface area contributed by atoms with E-state index in [4.69, 9.17) is 4.74 Å². The van der Waals surface area contributed by atoms with Gasteiger partial charge in [0.15, 0.2) is 0 Å². The molecule has 0 aromatic heterocycles. The van der Waals surface area contributed by atoms with Crippen LogP contribution >= 0.6 is 0 Å². The predicted molar refractivity (Wildman–Crippen MR) is 71.2 cm³/mol. The highest BCUT2D eigenvalue weighted by atomic mass is 16.5. The minimum absolute atomic E-state index is 0.00824. The largest absolute Gasteiger partial charge is 0.381 e. The van der Waals surface area contributed by atoms with Crippen LogP contribution in [0.15, 0.2) is 0 Å². The van der Waals surface area contributed by atoms with E-state index < -0.39 is 0 Å². The Morgan fingerprint density at radius 3 is 2.39 bits per heavy atom. The maximum atomic E-state index is 11.4. The van der Waals surface area contributed by atoms with Gasteiger partial charge in [0.25, 0.3) is 0 Å². The van der Waals surface area contributed by atoms with Gasteiger partial charge >= 0.3 is 0 Å². The van der Waals surface area contributed by atoms with Crippen molar-refractivity contribution in [3.8, 4) is 0 Å². The summed E-state index contributed by atoms with van der Waals surface area (Å²) in [5.74, 6) is 0.00234. The van der Waals surface area contributed by atoms with Crippen molar-refractivity contribution in [2.75, 3.05) is 26.3 Å². The molecule has 0 aromatic carbocycles. The van der Waals surface area contributed by atoms with Crippen molar-refractivity contribution in [1.29, 1.82) is 0 Å². The topological polar surface area (TPSA) is 67.4 Å². The van der Waals surface area contributed by atoms with Gasteiger partial charge in [-0.1, -0.05) is 20.8 Å². The summed E-state index contributed by atoms with van der Waals surface area (Å²) >= 11 is 0. The fraction of sp³-hybridized carbons (Fsp3) is 0.846. The second-order valence-corrected chi connectivity index (χ2v) is 4.51. The molecule has 5 heteroatoms. The Labute approximate surface area is 110 Å². The second-order valence-electron chi connectivity index (χ2n) is 4.51. The van der Waals surface area contributed by atoms with E-state index in [1.54, 1.807) is 0 Å². The number of hydrogen-bond donors (Lipinski definition) is 2. The molecule has 0 atom stereocenters. The first-order valence-corrected chi connectivity index (χ1v) is 6.70. The Hall–Kier alpha value is -1.10. The van der Waals surface area contributed by atoms with Crippen molar-refractivity contribution in [3.05, 3.63) is 0 Å². The maximum absolute atomic E-state index is 11.4. The Morgan fingerprint density at radius 2 is 1.78 bits per heavy atom. The predicted octanol–water partition coefficient (Wildman–Crippen LogP) is 1.08. The van der Waals surface area contributed by atoms with E-state index in [-0.39, 0.29) is 17.7 Å². The van der Waals surface area contributed by atoms with Crippen LogP contribution in [0, 0.1) is 5.92 Å². The van der Waals surface area contributed by atoms with Gasteiger partial charge in [-0.25, -0.2) is 0 Å². The molecule has 0 spiro atoms. The molecule has 0 bridgehead atoms. The molecule has 0 fully saturated rings. The molecule has 0 unspecified atom stereocenters. The first-order chi connectivity index (χ1) is 8.57. The molecule has 0 rings (SSSR count). The molecule has 0 radical (unpaired) electrons. The van der Waals surface area contributed by atoms with Gasteiger partial charge in [-0.3, -0.25) is 9.59 Å². The van der Waals surface area contributed by atoms with Gasteiger partial charge in [-0.05, 0) is 12.8 Å². The normalized spacial score (nSPS) is 10.4. The molecule has 2 N–H and O–H groups in total. The van der Waals surface area contributed by atoms with Gasteiger partial charge in [0, 0.05) is 38.6 Å². The molecule has 0 aliphatic rings. The third-order valence-electron chi connectivity index (χ3n) is 2.31. The first-order valence-electron chi connectivity index (χ1n) is 6.70. The second kappa shape index (κ2) is 11.0. The third-order valence-corrected chi connectivity index (χ3v) is 2.31. The lowest BCUT2D eigenvalue weighted by atomic mass is 10.2. The van der Waals surface area contributed by atoms with Crippen molar-refractivity contribution in [2.45, 2.75) is 40.0 Å². The fourth-order valence-corrected chi connectivity index (χ4v) is 1.26. The van der Waals surface area contributed by atoms with Gasteiger partial charge in [0.1, 0.15) is 0 Å². The van der Waals surface area contributed by atoms with Crippen LogP contribution in [0.2, 0.25) is 0 Å². The van der Waals surface area contributed by atoms with Crippen LogP contribution in [0.1, 0.15) is 40.0 Å². The number of ether oxygens (including phenoxy) is 1. The van der Waals surface area contributed by atoms with Gasteiger partial charge < -0.3 is 15.4 Å². The Morgan fingerprint density at radius 1 is 1.11 bits per heavy atom. The lowest BCUT2D eigenvalue weighted by Gasteiger charge is -2.08. The van der Waals surface area contributed by atoms with E-state index in [9.17, 15) is 9.59 Å². The molecule has 0 saturated heterocycles. The van der Waals surface area contributed by atoms with E-state index in [0.717, 1.165) is 19.4 Å². The molecule has 0 heterocycles. The summed E-state index contributed by atoms with van der Waals surface area (Å²) in [6, 6.07) is 0. The summed E-state index contributed by atoms with van der Waals surface area (Å²) in [4.78, 5) is 22.6. The van der Waals surface area contributed by atoms with Gasteiger partial charge in [-0.15, -0.1) is 0 Å². The SMILES string of the molecule is CCCOCCCC(=O)NCCNC(=O)C(C)C. The van der Waals surface area contributed by atoms with Gasteiger partial charge in [-0.2, -0.15) is 0 Å². The zero-order chi connectivity index (χ0) is 13.8. The highest BCUT2D eigenvalue weighted by molar-refractivity contribution is 5.78. The van der Waals surface area contributed by atoms with Crippen LogP contribution in [0.3, 0.4) is 0 Å². The van der Waals surface area contributed by atoms with Crippen molar-refractivity contribution in [3.63, 3.8) is 0 Å². The smallest absolute Gasteiger partial charge is 0.222 e. The van der Waals surface area contributed by atoms with Crippen molar-refractivity contribution < 1.29 is 14.3 Å². The van der Waals surface area contributed by atoms with E-state index in [1.165, 1.54) is 0 Å². The first kappa shape index (κ1) is 16.9. The Balaban J connectivity index is 3.34. The summed E-state index contributed by atoms with van der Waals surface area (Å²) < 4.78 is 5.28. The molecule has 0 aromatic rings. The van der Waals surface area contributed by atoms with E-state index in [0.29, 0.717) is 26.1 Å². The molecule has 0 aliphatic heterocycles. The van der Waals surface area contributed by atoms with E-state index in [2.05, 4.69) is 17.6 Å². The summed E-state index contributed by atoms with van der Waals surface area (Å²) in [6.45, 7) is 8.07. The number of carbonyl (C=O) groups is 2. The van der Waals surface area contributed by atoms with Crippen LogP contribution in [0.25, 0.3) is 0 Å². The number of amides is 2. The quantitative estimate of drug-likeness (QED) is 0.576. The molecule has 0 aliphatic carbocycles. The van der Waals surface area contributed by atoms with E-state index in [1.807, 2.05) is 13.8 Å². The van der Waals surface area contributed by atoms with Crippen molar-refractivity contribution in [2.24, 2.45) is 5.92 Å². The average Bonchev–Trinajstić information content (AvgIpc) is 2.34. The molecule has 18 heavy (non-hydrogen) atoms. The standard InChI is InChI=1S/C13H26N2O3/c1-4-9-18-10-5-6-12(16)14-7-8-15-13(17)11(2)3/h11H,4-10H2,1-3H3,(H,14,16)(H,15,17).